The maximum atomic E-state index is 12.4. The zero-order valence-electron chi connectivity index (χ0n) is 16.7. The Morgan fingerprint density at radius 3 is 2.68 bits per heavy atom. The van der Waals surface area contributed by atoms with Gasteiger partial charge in [0.2, 0.25) is 0 Å². The molecule has 2 aromatic rings. The van der Waals surface area contributed by atoms with E-state index in [0.717, 1.165) is 0 Å². The maximum absolute atomic E-state index is 12.4. The van der Waals surface area contributed by atoms with Gasteiger partial charge in [0.15, 0.2) is 5.82 Å². The van der Waals surface area contributed by atoms with Crippen LogP contribution in [0, 0.1) is 11.3 Å². The number of likely N-dealkylation sites (tertiary alicyclic amines) is 1. The van der Waals surface area contributed by atoms with Crippen LogP contribution in [-0.2, 0) is 10.3 Å². The van der Waals surface area contributed by atoms with Gasteiger partial charge >= 0.3 is 6.09 Å². The zero-order chi connectivity index (χ0) is 20.5. The Labute approximate surface area is 163 Å². The molecule has 0 radical (unpaired) electrons. The smallest absolute Gasteiger partial charge is 0.410 e. The van der Waals surface area contributed by atoms with Crippen LogP contribution in [0.2, 0.25) is 0 Å². The summed E-state index contributed by atoms with van der Waals surface area (Å²) in [4.78, 5) is 29.0. The van der Waals surface area contributed by atoms with Crippen molar-refractivity contribution in [3.05, 3.63) is 22.6 Å². The van der Waals surface area contributed by atoms with Gasteiger partial charge in [0.1, 0.15) is 11.0 Å². The van der Waals surface area contributed by atoms with Gasteiger partial charge in [-0.1, -0.05) is 0 Å². The van der Waals surface area contributed by atoms with Gasteiger partial charge in [-0.3, -0.25) is 9.48 Å². The van der Waals surface area contributed by atoms with E-state index < -0.39 is 11.1 Å². The molecule has 0 unspecified atom stereocenters. The van der Waals surface area contributed by atoms with Crippen molar-refractivity contribution in [2.45, 2.75) is 51.2 Å². The third-order valence-corrected chi connectivity index (χ3v) is 5.04. The molecule has 3 rings (SSSR count). The first-order chi connectivity index (χ1) is 13.2. The third kappa shape index (κ3) is 3.54. The Morgan fingerprint density at radius 1 is 1.43 bits per heavy atom. The number of nitriles is 1. The lowest BCUT2D eigenvalue weighted by atomic mass is 9.85. The predicted octanol–water partition coefficient (Wildman–Crippen LogP) is 2.41. The molecule has 9 nitrogen and oxygen atoms in total. The van der Waals surface area contributed by atoms with Gasteiger partial charge in [0.25, 0.3) is 5.56 Å². The molecule has 150 valence electrons. The van der Waals surface area contributed by atoms with Crippen molar-refractivity contribution in [2.75, 3.05) is 25.5 Å². The molecule has 1 amide bonds. The second kappa shape index (κ2) is 7.19. The van der Waals surface area contributed by atoms with Gasteiger partial charge in [-0.15, -0.1) is 0 Å². The normalized spacial score (nSPS) is 16.6. The van der Waals surface area contributed by atoms with E-state index in [-0.39, 0.29) is 18.1 Å². The summed E-state index contributed by atoms with van der Waals surface area (Å²) < 4.78 is 7.25. The SMILES string of the molecule is CNc1nn(C2(CC#N)CCN(C(=O)OC(C)(C)C)CC2)c2cc[nH]c(=O)c12. The number of fused-ring (bicyclic) bond motifs is 1. The first kappa shape index (κ1) is 19.7. The van der Waals surface area contributed by atoms with E-state index in [9.17, 15) is 14.9 Å². The van der Waals surface area contributed by atoms with Gasteiger partial charge in [-0.2, -0.15) is 10.4 Å². The predicted molar refractivity (Wildman–Crippen MR) is 105 cm³/mol. The van der Waals surface area contributed by atoms with Gasteiger partial charge in [-0.05, 0) is 39.7 Å². The standard InChI is InChI=1S/C19H26N6O3/c1-18(2,3)28-17(27)24-11-7-19(6-9-20,8-12-24)25-13-5-10-22-16(26)14(13)15(21-4)23-25/h5,10H,6-8,11-12H2,1-4H3,(H,21,23)(H,22,26). The third-order valence-electron chi connectivity index (χ3n) is 5.04. The van der Waals surface area contributed by atoms with Crippen molar-refractivity contribution < 1.29 is 9.53 Å². The lowest BCUT2D eigenvalue weighted by Crippen LogP contribution is -2.49. The van der Waals surface area contributed by atoms with Crippen LogP contribution in [0.4, 0.5) is 10.6 Å². The number of carbonyl (C=O) groups excluding carboxylic acids is 1. The first-order valence-corrected chi connectivity index (χ1v) is 9.34. The van der Waals surface area contributed by atoms with Gasteiger partial charge in [-0.25, -0.2) is 4.79 Å². The van der Waals surface area contributed by atoms with Crippen molar-refractivity contribution in [3.8, 4) is 6.07 Å². The number of piperidine rings is 1. The van der Waals surface area contributed by atoms with Crippen LogP contribution in [0.3, 0.4) is 0 Å². The molecule has 0 bridgehead atoms. The lowest BCUT2D eigenvalue weighted by Gasteiger charge is -2.41. The zero-order valence-corrected chi connectivity index (χ0v) is 16.7. The van der Waals surface area contributed by atoms with Crippen molar-refractivity contribution in [2.24, 2.45) is 0 Å². The molecule has 9 heteroatoms. The van der Waals surface area contributed by atoms with Gasteiger partial charge in [0, 0.05) is 26.3 Å². The van der Waals surface area contributed by atoms with Crippen molar-refractivity contribution >= 4 is 22.8 Å². The molecule has 2 aromatic heterocycles. The molecule has 0 spiro atoms. The summed E-state index contributed by atoms with van der Waals surface area (Å²) in [5.74, 6) is 0.476. The average Bonchev–Trinajstić information content (AvgIpc) is 3.02. The number of amides is 1. The minimum Gasteiger partial charge on any atom is -0.444 e. The van der Waals surface area contributed by atoms with Gasteiger partial charge < -0.3 is 19.9 Å². The number of pyridine rings is 1. The van der Waals surface area contributed by atoms with E-state index >= 15 is 0 Å². The van der Waals surface area contributed by atoms with Gasteiger partial charge in [0.05, 0.1) is 23.5 Å². The summed E-state index contributed by atoms with van der Waals surface area (Å²) in [5.41, 5.74) is -0.700. The highest BCUT2D eigenvalue weighted by Gasteiger charge is 2.40. The van der Waals surface area contributed by atoms with Crippen LogP contribution < -0.4 is 10.9 Å². The highest BCUT2D eigenvalue weighted by molar-refractivity contribution is 5.89. The van der Waals surface area contributed by atoms with E-state index in [2.05, 4.69) is 21.5 Å². The highest BCUT2D eigenvalue weighted by Crippen LogP contribution is 2.37. The Hall–Kier alpha value is -3.02. The molecule has 3 heterocycles. The number of H-pyrrole nitrogens is 1. The van der Waals surface area contributed by atoms with Crippen molar-refractivity contribution in [3.63, 3.8) is 0 Å². The lowest BCUT2D eigenvalue weighted by molar-refractivity contribution is 0.0110. The Balaban J connectivity index is 1.95. The molecular formula is C19H26N6O3. The number of hydrogen-bond acceptors (Lipinski definition) is 6. The summed E-state index contributed by atoms with van der Waals surface area (Å²) in [7, 11) is 1.71. The topological polar surface area (TPSA) is 116 Å². The molecule has 1 fully saturated rings. The summed E-state index contributed by atoms with van der Waals surface area (Å²) in [6.07, 6.45) is 2.56. The van der Waals surface area contributed by atoms with E-state index in [1.807, 2.05) is 20.8 Å². The maximum Gasteiger partial charge on any atom is 0.410 e. The monoisotopic (exact) mass is 386 g/mol. The number of hydrogen-bond donors (Lipinski definition) is 2. The average molecular weight is 386 g/mol. The molecule has 2 N–H and O–H groups in total. The summed E-state index contributed by atoms with van der Waals surface area (Å²) in [6, 6.07) is 4.06. The van der Waals surface area contributed by atoms with Crippen LogP contribution in [0.25, 0.3) is 10.9 Å². The van der Waals surface area contributed by atoms with Crippen LogP contribution >= 0.6 is 0 Å². The molecule has 0 saturated carbocycles. The number of nitrogens with one attached hydrogen (secondary N) is 2. The second-order valence-corrected chi connectivity index (χ2v) is 8.10. The minimum absolute atomic E-state index is 0.230. The minimum atomic E-state index is -0.589. The van der Waals surface area contributed by atoms with Crippen LogP contribution in [0.15, 0.2) is 17.1 Å². The second-order valence-electron chi connectivity index (χ2n) is 8.10. The number of ether oxygens (including phenoxy) is 1. The number of rotatable bonds is 3. The molecule has 0 atom stereocenters. The van der Waals surface area contributed by atoms with Crippen molar-refractivity contribution in [1.82, 2.24) is 19.7 Å². The molecule has 1 aliphatic rings. The van der Waals surface area contributed by atoms with E-state index in [1.165, 1.54) is 0 Å². The molecule has 0 aliphatic carbocycles. The fraction of sp³-hybridized carbons (Fsp3) is 0.579. The number of carbonyl (C=O) groups is 1. The first-order valence-electron chi connectivity index (χ1n) is 9.34. The van der Waals surface area contributed by atoms with Crippen molar-refractivity contribution in [1.29, 1.82) is 5.26 Å². The quantitative estimate of drug-likeness (QED) is 0.837. The van der Waals surface area contributed by atoms with E-state index in [4.69, 9.17) is 4.74 Å². The summed E-state index contributed by atoms with van der Waals surface area (Å²) >= 11 is 0. The van der Waals surface area contributed by atoms with Crippen LogP contribution in [0.5, 0.6) is 0 Å². The number of nitrogens with zero attached hydrogens (tertiary/aromatic N) is 4. The Bertz CT molecular complexity index is 970. The van der Waals surface area contributed by atoms with Crippen LogP contribution in [-0.4, -0.2) is 51.5 Å². The summed E-state index contributed by atoms with van der Waals surface area (Å²) in [6.45, 7) is 6.41. The molecule has 1 saturated heterocycles. The molecule has 28 heavy (non-hydrogen) atoms. The Morgan fingerprint density at radius 2 is 2.11 bits per heavy atom. The highest BCUT2D eigenvalue weighted by atomic mass is 16.6. The Kier molecular flexibility index (Phi) is 5.06. The number of anilines is 1. The number of aromatic amines is 1. The number of aromatic nitrogens is 3. The largest absolute Gasteiger partial charge is 0.444 e. The summed E-state index contributed by atoms with van der Waals surface area (Å²) in [5, 5.41) is 17.5. The van der Waals surface area contributed by atoms with E-state index in [1.54, 1.807) is 28.9 Å². The fourth-order valence-corrected chi connectivity index (χ4v) is 3.66. The van der Waals surface area contributed by atoms with Crippen LogP contribution in [0.1, 0.15) is 40.0 Å². The molecular weight excluding hydrogens is 360 g/mol. The molecule has 1 aliphatic heterocycles. The fourth-order valence-electron chi connectivity index (χ4n) is 3.66. The molecule has 0 aromatic carbocycles. The van der Waals surface area contributed by atoms with E-state index in [0.29, 0.717) is 42.7 Å².